The zero-order valence-electron chi connectivity index (χ0n) is 7.97. The molecule has 0 saturated carbocycles. The minimum atomic E-state index is -0.500. The summed E-state index contributed by atoms with van der Waals surface area (Å²) in [4.78, 5) is 19.1. The van der Waals surface area contributed by atoms with Gasteiger partial charge in [0.2, 0.25) is 5.88 Å². The van der Waals surface area contributed by atoms with Gasteiger partial charge >= 0.3 is 5.97 Å². The molecule has 0 fully saturated rings. The molecule has 0 atom stereocenters. The SMILES string of the molecule is COC(=O)c1cccc2ncc(O)nc12. The molecule has 2 aromatic rings. The third-order valence-corrected chi connectivity index (χ3v) is 1.97. The summed E-state index contributed by atoms with van der Waals surface area (Å²) in [6.45, 7) is 0. The molecule has 76 valence electrons. The summed E-state index contributed by atoms with van der Waals surface area (Å²) in [6, 6.07) is 4.96. The summed E-state index contributed by atoms with van der Waals surface area (Å²) in [7, 11) is 1.29. The minimum Gasteiger partial charge on any atom is -0.492 e. The molecule has 0 radical (unpaired) electrons. The van der Waals surface area contributed by atoms with Crippen molar-refractivity contribution in [2.45, 2.75) is 0 Å². The average Bonchev–Trinajstić information content (AvgIpc) is 2.27. The van der Waals surface area contributed by atoms with Crippen LogP contribution in [0.4, 0.5) is 0 Å². The van der Waals surface area contributed by atoms with E-state index in [0.717, 1.165) is 0 Å². The average molecular weight is 204 g/mol. The van der Waals surface area contributed by atoms with Crippen LogP contribution in [0.1, 0.15) is 10.4 Å². The van der Waals surface area contributed by atoms with Gasteiger partial charge in [0, 0.05) is 0 Å². The number of fused-ring (bicyclic) bond motifs is 1. The third-order valence-electron chi connectivity index (χ3n) is 1.97. The second-order valence-corrected chi connectivity index (χ2v) is 2.89. The predicted octanol–water partition coefficient (Wildman–Crippen LogP) is 1.12. The second kappa shape index (κ2) is 3.53. The molecule has 1 aromatic carbocycles. The highest BCUT2D eigenvalue weighted by Gasteiger charge is 2.12. The molecule has 1 aromatic heterocycles. The van der Waals surface area contributed by atoms with Crippen molar-refractivity contribution in [1.29, 1.82) is 0 Å². The van der Waals surface area contributed by atoms with E-state index < -0.39 is 5.97 Å². The molecule has 0 unspecified atom stereocenters. The van der Waals surface area contributed by atoms with E-state index in [9.17, 15) is 9.90 Å². The van der Waals surface area contributed by atoms with Gasteiger partial charge in [-0.15, -0.1) is 0 Å². The van der Waals surface area contributed by atoms with Crippen LogP contribution in [0, 0.1) is 0 Å². The second-order valence-electron chi connectivity index (χ2n) is 2.89. The van der Waals surface area contributed by atoms with Crippen LogP contribution in [0.25, 0.3) is 11.0 Å². The molecule has 5 nitrogen and oxygen atoms in total. The first kappa shape index (κ1) is 9.39. The van der Waals surface area contributed by atoms with Crippen molar-refractivity contribution in [1.82, 2.24) is 9.97 Å². The number of hydrogen-bond acceptors (Lipinski definition) is 5. The van der Waals surface area contributed by atoms with E-state index in [-0.39, 0.29) is 5.88 Å². The topological polar surface area (TPSA) is 72.3 Å². The van der Waals surface area contributed by atoms with Crippen molar-refractivity contribution < 1.29 is 14.6 Å². The Bertz CT molecular complexity index is 525. The fourth-order valence-electron chi connectivity index (χ4n) is 1.30. The molecule has 0 bridgehead atoms. The number of ether oxygens (including phenoxy) is 1. The van der Waals surface area contributed by atoms with E-state index in [0.29, 0.717) is 16.6 Å². The summed E-state index contributed by atoms with van der Waals surface area (Å²) < 4.78 is 4.60. The summed E-state index contributed by atoms with van der Waals surface area (Å²) in [5, 5.41) is 9.18. The summed E-state index contributed by atoms with van der Waals surface area (Å²) in [6.07, 6.45) is 1.23. The first-order valence-electron chi connectivity index (χ1n) is 4.25. The molecule has 0 spiro atoms. The van der Waals surface area contributed by atoms with Crippen LogP contribution in [-0.4, -0.2) is 28.2 Å². The van der Waals surface area contributed by atoms with E-state index in [2.05, 4.69) is 14.7 Å². The quantitative estimate of drug-likeness (QED) is 0.705. The Morgan fingerprint density at radius 2 is 2.27 bits per heavy atom. The zero-order valence-corrected chi connectivity index (χ0v) is 7.97. The number of carbonyl (C=O) groups excluding carboxylic acids is 1. The van der Waals surface area contributed by atoms with Crippen molar-refractivity contribution in [3.63, 3.8) is 0 Å². The number of aromatic nitrogens is 2. The van der Waals surface area contributed by atoms with Gasteiger partial charge < -0.3 is 9.84 Å². The maximum atomic E-state index is 11.4. The Labute approximate surface area is 85.4 Å². The standard InChI is InChI=1S/C10H8N2O3/c1-15-10(14)6-3-2-4-7-9(6)12-8(13)5-11-7/h2-5H,1H3,(H,12,13). The van der Waals surface area contributed by atoms with E-state index >= 15 is 0 Å². The summed E-state index contributed by atoms with van der Waals surface area (Å²) in [5.41, 5.74) is 1.17. The van der Waals surface area contributed by atoms with Gasteiger partial charge in [-0.3, -0.25) is 0 Å². The molecule has 0 aliphatic carbocycles. The molecule has 15 heavy (non-hydrogen) atoms. The number of esters is 1. The van der Waals surface area contributed by atoms with E-state index in [1.54, 1.807) is 18.2 Å². The van der Waals surface area contributed by atoms with Gasteiger partial charge in [-0.25, -0.2) is 14.8 Å². The van der Waals surface area contributed by atoms with Crippen molar-refractivity contribution in [2.75, 3.05) is 7.11 Å². The molecular formula is C10H8N2O3. The highest BCUT2D eigenvalue weighted by atomic mass is 16.5. The van der Waals surface area contributed by atoms with Crippen molar-refractivity contribution in [3.8, 4) is 5.88 Å². The normalized spacial score (nSPS) is 10.2. The molecule has 1 N–H and O–H groups in total. The summed E-state index contributed by atoms with van der Waals surface area (Å²) >= 11 is 0. The Morgan fingerprint density at radius 3 is 3.00 bits per heavy atom. The van der Waals surface area contributed by atoms with E-state index in [4.69, 9.17) is 0 Å². The van der Waals surface area contributed by atoms with Crippen LogP contribution in [-0.2, 0) is 4.74 Å². The van der Waals surface area contributed by atoms with Crippen LogP contribution in [0.2, 0.25) is 0 Å². The van der Waals surface area contributed by atoms with Gasteiger partial charge in [0.25, 0.3) is 0 Å². The largest absolute Gasteiger partial charge is 0.492 e. The molecule has 5 heteroatoms. The number of hydrogen-bond donors (Lipinski definition) is 1. The van der Waals surface area contributed by atoms with Crippen LogP contribution in [0.15, 0.2) is 24.4 Å². The lowest BCUT2D eigenvalue weighted by Gasteiger charge is -2.02. The molecule has 0 saturated heterocycles. The van der Waals surface area contributed by atoms with Gasteiger partial charge in [-0.2, -0.15) is 0 Å². The van der Waals surface area contributed by atoms with Gasteiger partial charge in [0.1, 0.15) is 5.52 Å². The van der Waals surface area contributed by atoms with Crippen molar-refractivity contribution >= 4 is 17.0 Å². The number of methoxy groups -OCH3 is 1. The number of benzene rings is 1. The Balaban J connectivity index is 2.74. The van der Waals surface area contributed by atoms with Crippen LogP contribution < -0.4 is 0 Å². The van der Waals surface area contributed by atoms with Crippen LogP contribution in [0.3, 0.4) is 0 Å². The monoisotopic (exact) mass is 204 g/mol. The van der Waals surface area contributed by atoms with Crippen LogP contribution in [0.5, 0.6) is 5.88 Å². The number of rotatable bonds is 1. The highest BCUT2D eigenvalue weighted by Crippen LogP contribution is 2.17. The summed E-state index contributed by atoms with van der Waals surface area (Å²) in [5.74, 6) is -0.723. The molecule has 1 heterocycles. The molecule has 0 aliphatic rings. The number of nitrogens with zero attached hydrogens (tertiary/aromatic N) is 2. The molecular weight excluding hydrogens is 196 g/mol. The van der Waals surface area contributed by atoms with Crippen molar-refractivity contribution in [3.05, 3.63) is 30.0 Å². The van der Waals surface area contributed by atoms with E-state index in [1.807, 2.05) is 0 Å². The van der Waals surface area contributed by atoms with Gasteiger partial charge in [-0.1, -0.05) is 6.07 Å². The van der Waals surface area contributed by atoms with Gasteiger partial charge in [0.15, 0.2) is 0 Å². The zero-order chi connectivity index (χ0) is 10.8. The molecule has 2 rings (SSSR count). The van der Waals surface area contributed by atoms with Gasteiger partial charge in [-0.05, 0) is 12.1 Å². The fourth-order valence-corrected chi connectivity index (χ4v) is 1.30. The lowest BCUT2D eigenvalue weighted by molar-refractivity contribution is 0.0603. The Hall–Kier alpha value is -2.17. The predicted molar refractivity (Wildman–Crippen MR) is 52.5 cm³/mol. The lowest BCUT2D eigenvalue weighted by Crippen LogP contribution is -2.03. The Kier molecular flexibility index (Phi) is 2.21. The minimum absolute atomic E-state index is 0.223. The van der Waals surface area contributed by atoms with E-state index in [1.165, 1.54) is 13.3 Å². The number of aromatic hydroxyl groups is 1. The fraction of sp³-hybridized carbons (Fsp3) is 0.100. The van der Waals surface area contributed by atoms with Crippen LogP contribution >= 0.6 is 0 Å². The smallest absolute Gasteiger partial charge is 0.340 e. The van der Waals surface area contributed by atoms with Gasteiger partial charge in [0.05, 0.1) is 24.4 Å². The first-order valence-corrected chi connectivity index (χ1v) is 4.25. The number of para-hydroxylation sites is 1. The molecule has 0 aliphatic heterocycles. The molecule has 0 amide bonds. The maximum Gasteiger partial charge on any atom is 0.340 e. The Morgan fingerprint density at radius 1 is 1.47 bits per heavy atom. The third kappa shape index (κ3) is 1.59. The lowest BCUT2D eigenvalue weighted by atomic mass is 10.2. The highest BCUT2D eigenvalue weighted by molar-refractivity contribution is 6.01. The van der Waals surface area contributed by atoms with Crippen molar-refractivity contribution in [2.24, 2.45) is 0 Å². The number of carbonyl (C=O) groups is 1. The first-order chi connectivity index (χ1) is 7.22. The maximum absolute atomic E-state index is 11.4.